The van der Waals surface area contributed by atoms with Crippen LogP contribution in [0.5, 0.6) is 0 Å². The molecule has 0 amide bonds. The molecular formula is C16H34MnS2. The largest absolute Gasteiger partial charge is 2.00 e. The van der Waals surface area contributed by atoms with Gasteiger partial charge >= 0.3 is 17.1 Å². The van der Waals surface area contributed by atoms with Crippen LogP contribution in [0.4, 0.5) is 0 Å². The normalized spacial score (nSPS) is 9.47. The smallest absolute Gasteiger partial charge is 0.793 e. The van der Waals surface area contributed by atoms with Gasteiger partial charge in [0.05, 0.1) is 0 Å². The molecule has 117 valence electrons. The van der Waals surface area contributed by atoms with Crippen molar-refractivity contribution in [1.82, 2.24) is 0 Å². The standard InChI is InChI=1S/2C8H18S.Mn/c2*1-2-3-4-5-6-7-8-9;/h2*9H,2-8H2,1H3;/q;;+2/p-2. The third-order valence-electron chi connectivity index (χ3n) is 3.00. The van der Waals surface area contributed by atoms with Gasteiger partial charge < -0.3 is 25.3 Å². The summed E-state index contributed by atoms with van der Waals surface area (Å²) in [6.45, 7) is 4.49. The third kappa shape index (κ3) is 32.6. The van der Waals surface area contributed by atoms with E-state index in [-0.39, 0.29) is 17.1 Å². The first kappa shape index (κ1) is 25.2. The van der Waals surface area contributed by atoms with Gasteiger partial charge in [-0.2, -0.15) is 11.5 Å². The minimum absolute atomic E-state index is 0. The van der Waals surface area contributed by atoms with Crippen molar-refractivity contribution in [3.63, 3.8) is 0 Å². The molecule has 3 heteroatoms. The Bertz CT molecular complexity index is 95.3. The Kier molecular flexibility index (Phi) is 36.5. The van der Waals surface area contributed by atoms with Crippen molar-refractivity contribution < 1.29 is 17.1 Å². The summed E-state index contributed by atoms with van der Waals surface area (Å²) < 4.78 is 0. The summed E-state index contributed by atoms with van der Waals surface area (Å²) in [6, 6.07) is 0. The van der Waals surface area contributed by atoms with E-state index in [0.717, 1.165) is 11.5 Å². The van der Waals surface area contributed by atoms with Gasteiger partial charge in [0.1, 0.15) is 0 Å². The second-order valence-corrected chi connectivity index (χ2v) is 5.76. The second-order valence-electron chi connectivity index (χ2n) is 4.94. The first-order chi connectivity index (χ1) is 8.83. The van der Waals surface area contributed by atoms with Gasteiger partial charge in [0.15, 0.2) is 0 Å². The first-order valence-electron chi connectivity index (χ1n) is 7.99. The quantitative estimate of drug-likeness (QED) is 0.250. The molecule has 1 radical (unpaired) electrons. The van der Waals surface area contributed by atoms with Crippen LogP contribution in [-0.2, 0) is 42.3 Å². The van der Waals surface area contributed by atoms with Gasteiger partial charge in [-0.05, 0) is 0 Å². The molecule has 0 aromatic carbocycles. The van der Waals surface area contributed by atoms with Gasteiger partial charge in [-0.1, -0.05) is 90.9 Å². The summed E-state index contributed by atoms with van der Waals surface area (Å²) in [6.07, 6.45) is 16.3. The Labute approximate surface area is 144 Å². The van der Waals surface area contributed by atoms with Crippen molar-refractivity contribution in [2.75, 3.05) is 11.5 Å². The Balaban J connectivity index is -0.000000256. The SMILES string of the molecule is CCCCCCCC[S-].CCCCCCCC[S-].[Mn+2]. The van der Waals surface area contributed by atoms with E-state index in [1.54, 1.807) is 0 Å². The van der Waals surface area contributed by atoms with Crippen LogP contribution in [0, 0.1) is 0 Å². The molecule has 0 aromatic heterocycles. The van der Waals surface area contributed by atoms with Crippen LogP contribution in [0.3, 0.4) is 0 Å². The Morgan fingerprint density at radius 2 is 0.737 bits per heavy atom. The molecule has 0 nitrogen and oxygen atoms in total. The molecule has 19 heavy (non-hydrogen) atoms. The first-order valence-corrected chi connectivity index (χ1v) is 9.15. The minimum atomic E-state index is 0. The van der Waals surface area contributed by atoms with E-state index in [1.807, 2.05) is 0 Å². The molecule has 0 N–H and O–H groups in total. The van der Waals surface area contributed by atoms with Crippen molar-refractivity contribution in [3.8, 4) is 0 Å². The van der Waals surface area contributed by atoms with E-state index in [0.29, 0.717) is 0 Å². The number of unbranched alkanes of at least 4 members (excludes halogenated alkanes) is 10. The van der Waals surface area contributed by atoms with E-state index in [1.165, 1.54) is 77.0 Å². The summed E-state index contributed by atoms with van der Waals surface area (Å²) in [7, 11) is 0. The molecule has 0 atom stereocenters. The molecule has 0 heterocycles. The molecule has 0 fully saturated rings. The van der Waals surface area contributed by atoms with Crippen molar-refractivity contribution >= 4 is 25.3 Å². The molecule has 0 saturated carbocycles. The monoisotopic (exact) mass is 345 g/mol. The molecule has 0 rings (SSSR count). The van der Waals surface area contributed by atoms with Crippen molar-refractivity contribution in [3.05, 3.63) is 0 Å². The molecule has 0 unspecified atom stereocenters. The van der Waals surface area contributed by atoms with Gasteiger partial charge in [-0.15, -0.1) is 0 Å². The third-order valence-corrected chi connectivity index (χ3v) is 3.57. The summed E-state index contributed by atoms with van der Waals surface area (Å²) >= 11 is 9.66. The molecule has 0 bridgehead atoms. The second kappa shape index (κ2) is 27.5. The van der Waals surface area contributed by atoms with Crippen molar-refractivity contribution in [2.45, 2.75) is 90.9 Å². The molecule has 0 spiro atoms. The van der Waals surface area contributed by atoms with Gasteiger partial charge in [-0.25, -0.2) is 0 Å². The Morgan fingerprint density at radius 1 is 0.474 bits per heavy atom. The average molecular weight is 346 g/mol. The average Bonchev–Trinajstić information content (AvgIpc) is 2.39. The predicted octanol–water partition coefficient (Wildman–Crippen LogP) is 5.79. The number of rotatable bonds is 12. The predicted molar refractivity (Wildman–Crippen MR) is 91.2 cm³/mol. The zero-order valence-electron chi connectivity index (χ0n) is 13.1. The maximum atomic E-state index is 4.83. The molecule has 0 aliphatic heterocycles. The van der Waals surface area contributed by atoms with Gasteiger partial charge in [0, 0.05) is 0 Å². The van der Waals surface area contributed by atoms with Gasteiger partial charge in [0.2, 0.25) is 0 Å². The van der Waals surface area contributed by atoms with Crippen molar-refractivity contribution in [1.29, 1.82) is 0 Å². The van der Waals surface area contributed by atoms with Gasteiger partial charge in [-0.3, -0.25) is 0 Å². The molecule has 0 aliphatic rings. The van der Waals surface area contributed by atoms with Crippen LogP contribution in [0.1, 0.15) is 90.9 Å². The molecule has 0 saturated heterocycles. The Hall–Kier alpha value is 1.22. The Morgan fingerprint density at radius 3 is 1.00 bits per heavy atom. The number of hydrogen-bond donors (Lipinski definition) is 0. The van der Waals surface area contributed by atoms with E-state index >= 15 is 0 Å². The fraction of sp³-hybridized carbons (Fsp3) is 1.00. The summed E-state index contributed by atoms with van der Waals surface area (Å²) in [5.74, 6) is 1.90. The molecular weight excluding hydrogens is 311 g/mol. The van der Waals surface area contributed by atoms with Crippen molar-refractivity contribution in [2.24, 2.45) is 0 Å². The zero-order valence-corrected chi connectivity index (χ0v) is 15.9. The van der Waals surface area contributed by atoms with Crippen LogP contribution in [0.25, 0.3) is 0 Å². The van der Waals surface area contributed by atoms with E-state index in [2.05, 4.69) is 13.8 Å². The van der Waals surface area contributed by atoms with Gasteiger partial charge in [0.25, 0.3) is 0 Å². The fourth-order valence-electron chi connectivity index (χ4n) is 1.76. The topological polar surface area (TPSA) is 0 Å². The molecule has 0 aromatic rings. The van der Waals surface area contributed by atoms with Crippen LogP contribution in [0.15, 0.2) is 0 Å². The summed E-state index contributed by atoms with van der Waals surface area (Å²) in [4.78, 5) is 0. The van der Waals surface area contributed by atoms with E-state index in [4.69, 9.17) is 25.3 Å². The van der Waals surface area contributed by atoms with Crippen LogP contribution >= 0.6 is 0 Å². The fourth-order valence-corrected chi connectivity index (χ4v) is 2.17. The number of hydrogen-bond acceptors (Lipinski definition) is 2. The maximum Gasteiger partial charge on any atom is 2.00 e. The maximum absolute atomic E-state index is 4.83. The van der Waals surface area contributed by atoms with Crippen LogP contribution in [-0.4, -0.2) is 11.5 Å². The van der Waals surface area contributed by atoms with E-state index < -0.39 is 0 Å². The summed E-state index contributed by atoms with van der Waals surface area (Å²) in [5, 5.41) is 0. The molecule has 0 aliphatic carbocycles. The van der Waals surface area contributed by atoms with Crippen LogP contribution < -0.4 is 0 Å². The van der Waals surface area contributed by atoms with E-state index in [9.17, 15) is 0 Å². The van der Waals surface area contributed by atoms with Crippen LogP contribution in [0.2, 0.25) is 0 Å². The zero-order chi connectivity index (χ0) is 13.9. The minimum Gasteiger partial charge on any atom is -0.793 e. The summed E-state index contributed by atoms with van der Waals surface area (Å²) in [5.41, 5.74) is 0.